The molecule has 156 valence electrons. The van der Waals surface area contributed by atoms with Gasteiger partial charge in [-0.25, -0.2) is 4.79 Å². The molecule has 7 nitrogen and oxygen atoms in total. The molecule has 0 saturated heterocycles. The average molecular weight is 400 g/mol. The number of hydrogen-bond acceptors (Lipinski definition) is 6. The third-order valence-electron chi connectivity index (χ3n) is 5.45. The first kappa shape index (κ1) is 20.9. The Morgan fingerprint density at radius 2 is 1.97 bits per heavy atom. The molecule has 29 heavy (non-hydrogen) atoms. The van der Waals surface area contributed by atoms with E-state index in [1.165, 1.54) is 6.42 Å². The zero-order valence-electron chi connectivity index (χ0n) is 17.2. The van der Waals surface area contributed by atoms with Crippen LogP contribution in [0.2, 0.25) is 0 Å². The van der Waals surface area contributed by atoms with Crippen LogP contribution < -0.4 is 10.1 Å². The van der Waals surface area contributed by atoms with Crippen molar-refractivity contribution in [1.82, 2.24) is 10.5 Å². The topological polar surface area (TPSA) is 90.7 Å². The molecule has 0 bridgehead atoms. The molecule has 2 aromatic rings. The van der Waals surface area contributed by atoms with E-state index in [0.717, 1.165) is 30.5 Å². The molecule has 1 saturated carbocycles. The molecule has 3 rings (SSSR count). The number of benzene rings is 1. The summed E-state index contributed by atoms with van der Waals surface area (Å²) in [4.78, 5) is 24.7. The standard InChI is InChI=1S/C22H28N2O5/c1-14-8-4-6-10-19(14)23-21(25)13-28-22(26)17-9-5-7-11-20(17)27-12-18-15(2)24-29-16(18)3/h5,7,9,11,14,19H,4,6,8,10,12-13H2,1-3H3,(H,23,25)/t14-,19-/m1/s1. The molecular weight excluding hydrogens is 372 g/mol. The summed E-state index contributed by atoms with van der Waals surface area (Å²) in [5, 5.41) is 6.88. The van der Waals surface area contributed by atoms with E-state index in [1.54, 1.807) is 24.3 Å². The number of aromatic nitrogens is 1. The molecule has 0 radical (unpaired) electrons. The number of ether oxygens (including phenoxy) is 2. The van der Waals surface area contributed by atoms with Gasteiger partial charge >= 0.3 is 5.97 Å². The largest absolute Gasteiger partial charge is 0.488 e. The van der Waals surface area contributed by atoms with Crippen LogP contribution in [-0.4, -0.2) is 29.7 Å². The highest BCUT2D eigenvalue weighted by Gasteiger charge is 2.23. The molecule has 1 N–H and O–H groups in total. The van der Waals surface area contributed by atoms with Gasteiger partial charge in [0.2, 0.25) is 0 Å². The van der Waals surface area contributed by atoms with Gasteiger partial charge in [-0.2, -0.15) is 0 Å². The molecule has 0 unspecified atom stereocenters. The van der Waals surface area contributed by atoms with Crippen molar-refractivity contribution in [3.8, 4) is 5.75 Å². The smallest absolute Gasteiger partial charge is 0.342 e. The van der Waals surface area contributed by atoms with Gasteiger partial charge in [0.05, 0.1) is 11.3 Å². The molecule has 1 aromatic carbocycles. The molecule has 1 amide bonds. The SMILES string of the molecule is Cc1noc(C)c1COc1ccccc1C(=O)OCC(=O)N[C@@H]1CCCC[C@H]1C. The van der Waals surface area contributed by atoms with Crippen molar-refractivity contribution in [3.05, 3.63) is 46.8 Å². The van der Waals surface area contributed by atoms with Crippen LogP contribution in [0.15, 0.2) is 28.8 Å². The number of aryl methyl sites for hydroxylation is 2. The van der Waals surface area contributed by atoms with Crippen molar-refractivity contribution in [2.75, 3.05) is 6.61 Å². The Kier molecular flexibility index (Phi) is 6.90. The minimum Gasteiger partial charge on any atom is -0.488 e. The van der Waals surface area contributed by atoms with Gasteiger partial charge < -0.3 is 19.3 Å². The Hall–Kier alpha value is -2.83. The van der Waals surface area contributed by atoms with E-state index in [1.807, 2.05) is 13.8 Å². The number of nitrogens with one attached hydrogen (secondary N) is 1. The minimum absolute atomic E-state index is 0.153. The van der Waals surface area contributed by atoms with Gasteiger partial charge in [0.25, 0.3) is 5.91 Å². The lowest BCUT2D eigenvalue weighted by Crippen LogP contribution is -2.42. The molecule has 1 aromatic heterocycles. The Morgan fingerprint density at radius 3 is 2.69 bits per heavy atom. The molecule has 1 aliphatic carbocycles. The summed E-state index contributed by atoms with van der Waals surface area (Å²) in [7, 11) is 0. The Morgan fingerprint density at radius 1 is 1.21 bits per heavy atom. The van der Waals surface area contributed by atoms with E-state index in [0.29, 0.717) is 17.4 Å². The van der Waals surface area contributed by atoms with Crippen LogP contribution in [0.4, 0.5) is 0 Å². The summed E-state index contributed by atoms with van der Waals surface area (Å²) >= 11 is 0. The lowest BCUT2D eigenvalue weighted by molar-refractivity contribution is -0.125. The predicted octanol–water partition coefficient (Wildman–Crippen LogP) is 3.72. The molecule has 0 spiro atoms. The highest BCUT2D eigenvalue weighted by molar-refractivity contribution is 5.94. The fraction of sp³-hybridized carbons (Fsp3) is 0.500. The van der Waals surface area contributed by atoms with Crippen LogP contribution in [0.1, 0.15) is 60.0 Å². The molecule has 0 aliphatic heterocycles. The maximum absolute atomic E-state index is 12.5. The van der Waals surface area contributed by atoms with Crippen molar-refractivity contribution in [1.29, 1.82) is 0 Å². The summed E-state index contributed by atoms with van der Waals surface area (Å²) in [6.45, 7) is 5.71. The zero-order chi connectivity index (χ0) is 20.8. The molecule has 7 heteroatoms. The van der Waals surface area contributed by atoms with Crippen molar-refractivity contribution in [2.45, 2.75) is 59.1 Å². The summed E-state index contributed by atoms with van der Waals surface area (Å²) < 4.78 is 16.2. The quantitative estimate of drug-likeness (QED) is 0.713. The molecule has 1 fully saturated rings. The van der Waals surface area contributed by atoms with Gasteiger partial charge in [-0.3, -0.25) is 4.79 Å². The van der Waals surface area contributed by atoms with E-state index in [4.69, 9.17) is 14.0 Å². The first-order valence-electron chi connectivity index (χ1n) is 10.1. The van der Waals surface area contributed by atoms with Gasteiger partial charge in [-0.05, 0) is 44.7 Å². The molecule has 1 heterocycles. The van der Waals surface area contributed by atoms with Crippen LogP contribution >= 0.6 is 0 Å². The number of para-hydroxylation sites is 1. The normalized spacial score (nSPS) is 18.9. The number of amides is 1. The van der Waals surface area contributed by atoms with Crippen LogP contribution in [-0.2, 0) is 16.1 Å². The number of esters is 1. The summed E-state index contributed by atoms with van der Waals surface area (Å²) in [6.07, 6.45) is 4.40. The predicted molar refractivity (Wildman–Crippen MR) is 107 cm³/mol. The Labute approximate surface area is 170 Å². The van der Waals surface area contributed by atoms with E-state index in [2.05, 4.69) is 17.4 Å². The number of rotatable bonds is 7. The third kappa shape index (κ3) is 5.37. The highest BCUT2D eigenvalue weighted by atomic mass is 16.5. The fourth-order valence-corrected chi connectivity index (χ4v) is 3.61. The molecule has 2 atom stereocenters. The van der Waals surface area contributed by atoms with E-state index < -0.39 is 5.97 Å². The second-order valence-electron chi connectivity index (χ2n) is 7.60. The van der Waals surface area contributed by atoms with E-state index in [-0.39, 0.29) is 30.7 Å². The van der Waals surface area contributed by atoms with Crippen LogP contribution in [0.5, 0.6) is 5.75 Å². The fourth-order valence-electron chi connectivity index (χ4n) is 3.61. The van der Waals surface area contributed by atoms with E-state index >= 15 is 0 Å². The van der Waals surface area contributed by atoms with Gasteiger partial charge in [0.1, 0.15) is 23.7 Å². The van der Waals surface area contributed by atoms with Crippen LogP contribution in [0, 0.1) is 19.8 Å². The van der Waals surface area contributed by atoms with Gasteiger partial charge in [-0.1, -0.05) is 37.1 Å². The summed E-state index contributed by atoms with van der Waals surface area (Å²) in [5.41, 5.74) is 1.86. The van der Waals surface area contributed by atoms with E-state index in [9.17, 15) is 9.59 Å². The van der Waals surface area contributed by atoms with Crippen molar-refractivity contribution in [3.63, 3.8) is 0 Å². The third-order valence-corrected chi connectivity index (χ3v) is 5.45. The monoisotopic (exact) mass is 400 g/mol. The van der Waals surface area contributed by atoms with Crippen molar-refractivity contribution >= 4 is 11.9 Å². The van der Waals surface area contributed by atoms with Gasteiger partial charge in [0, 0.05) is 6.04 Å². The van der Waals surface area contributed by atoms with Gasteiger partial charge in [-0.15, -0.1) is 0 Å². The molecule has 1 aliphatic rings. The first-order valence-corrected chi connectivity index (χ1v) is 10.1. The van der Waals surface area contributed by atoms with Gasteiger partial charge in [0.15, 0.2) is 6.61 Å². The number of hydrogen-bond donors (Lipinski definition) is 1. The average Bonchev–Trinajstić information content (AvgIpc) is 3.04. The number of carbonyl (C=O) groups excluding carboxylic acids is 2. The maximum Gasteiger partial charge on any atom is 0.342 e. The summed E-state index contributed by atoms with van der Waals surface area (Å²) in [6, 6.07) is 6.96. The number of nitrogens with zero attached hydrogens (tertiary/aromatic N) is 1. The second kappa shape index (κ2) is 9.58. The second-order valence-corrected chi connectivity index (χ2v) is 7.60. The lowest BCUT2D eigenvalue weighted by Gasteiger charge is -2.29. The lowest BCUT2D eigenvalue weighted by atomic mass is 9.86. The Bertz CT molecular complexity index is 841. The van der Waals surface area contributed by atoms with Crippen LogP contribution in [0.3, 0.4) is 0 Å². The maximum atomic E-state index is 12.5. The van der Waals surface area contributed by atoms with Crippen LogP contribution in [0.25, 0.3) is 0 Å². The van der Waals surface area contributed by atoms with Crippen molar-refractivity contribution in [2.24, 2.45) is 5.92 Å². The zero-order valence-corrected chi connectivity index (χ0v) is 17.2. The van der Waals surface area contributed by atoms with Crippen molar-refractivity contribution < 1.29 is 23.6 Å². The summed E-state index contributed by atoms with van der Waals surface area (Å²) in [5.74, 6) is 0.647. The first-order chi connectivity index (χ1) is 14.0. The Balaban J connectivity index is 1.56. The highest BCUT2D eigenvalue weighted by Crippen LogP contribution is 2.24. The number of carbonyl (C=O) groups is 2. The minimum atomic E-state index is -0.591. The molecular formula is C22H28N2O5.